The van der Waals surface area contributed by atoms with Gasteiger partial charge in [0, 0.05) is 12.1 Å². The van der Waals surface area contributed by atoms with E-state index in [0.29, 0.717) is 5.92 Å². The fourth-order valence-corrected chi connectivity index (χ4v) is 2.37. The van der Waals surface area contributed by atoms with E-state index in [1.165, 1.54) is 5.56 Å². The van der Waals surface area contributed by atoms with Crippen molar-refractivity contribution in [3.63, 3.8) is 0 Å². The molecule has 0 amide bonds. The van der Waals surface area contributed by atoms with Gasteiger partial charge in [-0.3, -0.25) is 9.69 Å². The summed E-state index contributed by atoms with van der Waals surface area (Å²) in [6.45, 7) is 8.43. The third-order valence-electron chi connectivity index (χ3n) is 3.11. The number of carboxylic acids is 1. The minimum atomic E-state index is -0.773. The van der Waals surface area contributed by atoms with Gasteiger partial charge in [0.05, 0.1) is 6.54 Å². The van der Waals surface area contributed by atoms with E-state index in [-0.39, 0.29) is 18.6 Å². The first-order valence-electron chi connectivity index (χ1n) is 6.46. The summed E-state index contributed by atoms with van der Waals surface area (Å²) in [5.74, 6) is -0.403. The maximum atomic E-state index is 11.0. The van der Waals surface area contributed by atoms with Crippen molar-refractivity contribution >= 4 is 5.97 Å². The molecule has 1 atom stereocenters. The van der Waals surface area contributed by atoms with E-state index >= 15 is 0 Å². The van der Waals surface area contributed by atoms with Crippen LogP contribution in [0.5, 0.6) is 0 Å². The number of nitrogens with zero attached hydrogens (tertiary/aromatic N) is 1. The molecule has 0 aromatic heterocycles. The average Bonchev–Trinajstić information content (AvgIpc) is 2.28. The zero-order valence-electron chi connectivity index (χ0n) is 11.6. The molecule has 0 aliphatic heterocycles. The maximum Gasteiger partial charge on any atom is 0.317 e. The molecule has 0 fully saturated rings. The number of benzene rings is 1. The van der Waals surface area contributed by atoms with Crippen molar-refractivity contribution in [3.05, 3.63) is 35.9 Å². The van der Waals surface area contributed by atoms with Crippen LogP contribution in [0.2, 0.25) is 0 Å². The summed E-state index contributed by atoms with van der Waals surface area (Å²) in [6, 6.07) is 10.5. The van der Waals surface area contributed by atoms with Crippen LogP contribution in [0.25, 0.3) is 0 Å². The number of hydrogen-bond donors (Lipinski definition) is 1. The lowest BCUT2D eigenvalue weighted by atomic mass is 9.93. The highest BCUT2D eigenvalue weighted by molar-refractivity contribution is 5.69. The Morgan fingerprint density at radius 1 is 1.17 bits per heavy atom. The minimum Gasteiger partial charge on any atom is -0.480 e. The molecule has 0 heterocycles. The van der Waals surface area contributed by atoms with E-state index < -0.39 is 5.97 Å². The van der Waals surface area contributed by atoms with E-state index in [4.69, 9.17) is 5.11 Å². The van der Waals surface area contributed by atoms with Crippen LogP contribution in [0.1, 0.15) is 39.3 Å². The smallest absolute Gasteiger partial charge is 0.317 e. The number of aliphatic carboxylic acids is 1. The van der Waals surface area contributed by atoms with Crippen molar-refractivity contribution in [1.29, 1.82) is 0 Å². The Balaban J connectivity index is 3.05. The third kappa shape index (κ3) is 3.84. The second kappa shape index (κ2) is 6.55. The van der Waals surface area contributed by atoms with Gasteiger partial charge in [-0.15, -0.1) is 0 Å². The summed E-state index contributed by atoms with van der Waals surface area (Å²) < 4.78 is 0. The Kier molecular flexibility index (Phi) is 5.35. The van der Waals surface area contributed by atoms with Gasteiger partial charge in [-0.25, -0.2) is 0 Å². The molecule has 0 spiro atoms. The topological polar surface area (TPSA) is 40.5 Å². The number of carbonyl (C=O) groups is 1. The maximum absolute atomic E-state index is 11.0. The Labute approximate surface area is 109 Å². The summed E-state index contributed by atoms with van der Waals surface area (Å²) in [5, 5.41) is 9.07. The van der Waals surface area contributed by atoms with Crippen molar-refractivity contribution < 1.29 is 9.90 Å². The van der Waals surface area contributed by atoms with Crippen molar-refractivity contribution in [2.24, 2.45) is 5.92 Å². The van der Waals surface area contributed by atoms with Crippen LogP contribution in [0.4, 0.5) is 0 Å². The predicted molar refractivity (Wildman–Crippen MR) is 73.5 cm³/mol. The molecule has 1 aromatic carbocycles. The van der Waals surface area contributed by atoms with Gasteiger partial charge in [0.15, 0.2) is 0 Å². The largest absolute Gasteiger partial charge is 0.480 e. The first kappa shape index (κ1) is 14.7. The van der Waals surface area contributed by atoms with Gasteiger partial charge in [-0.1, -0.05) is 44.2 Å². The molecule has 0 aliphatic rings. The standard InChI is InChI=1S/C15H23NO2/c1-11(2)15(13-8-6-5-7-9-13)16(12(3)4)10-14(17)18/h5-9,11-12,15H,10H2,1-4H3,(H,17,18). The molecule has 1 unspecified atom stereocenters. The van der Waals surface area contributed by atoms with E-state index in [0.717, 1.165) is 0 Å². The molecule has 1 aromatic rings. The number of hydrogen-bond acceptors (Lipinski definition) is 2. The molecule has 0 bridgehead atoms. The molecule has 18 heavy (non-hydrogen) atoms. The lowest BCUT2D eigenvalue weighted by molar-refractivity contribution is -0.139. The molecular weight excluding hydrogens is 226 g/mol. The van der Waals surface area contributed by atoms with Crippen molar-refractivity contribution in [2.45, 2.75) is 39.8 Å². The number of carboxylic acid groups (broad SMARTS) is 1. The van der Waals surface area contributed by atoms with Crippen LogP contribution in [-0.4, -0.2) is 28.6 Å². The Morgan fingerprint density at radius 2 is 1.72 bits per heavy atom. The first-order valence-corrected chi connectivity index (χ1v) is 6.46. The fourth-order valence-electron chi connectivity index (χ4n) is 2.37. The molecule has 3 heteroatoms. The Morgan fingerprint density at radius 3 is 2.11 bits per heavy atom. The van der Waals surface area contributed by atoms with Crippen molar-refractivity contribution in [2.75, 3.05) is 6.54 Å². The summed E-state index contributed by atoms with van der Waals surface area (Å²) >= 11 is 0. The second-order valence-electron chi connectivity index (χ2n) is 5.26. The zero-order valence-corrected chi connectivity index (χ0v) is 11.6. The minimum absolute atomic E-state index is 0.0788. The SMILES string of the molecule is CC(C)C(c1ccccc1)N(CC(=O)O)C(C)C. The molecular formula is C15H23NO2. The molecule has 0 radical (unpaired) electrons. The van der Waals surface area contributed by atoms with E-state index in [2.05, 4.69) is 26.0 Å². The van der Waals surface area contributed by atoms with Gasteiger partial charge < -0.3 is 5.11 Å². The molecule has 0 saturated heterocycles. The normalized spacial score (nSPS) is 13.3. The van der Waals surface area contributed by atoms with Crippen LogP contribution in [-0.2, 0) is 4.79 Å². The summed E-state index contributed by atoms with van der Waals surface area (Å²) in [6.07, 6.45) is 0. The van der Waals surface area contributed by atoms with Crippen LogP contribution >= 0.6 is 0 Å². The van der Waals surface area contributed by atoms with Crippen molar-refractivity contribution in [3.8, 4) is 0 Å². The van der Waals surface area contributed by atoms with E-state index in [1.54, 1.807) is 0 Å². The van der Waals surface area contributed by atoms with E-state index in [1.807, 2.05) is 36.9 Å². The van der Waals surface area contributed by atoms with Gasteiger partial charge in [0.2, 0.25) is 0 Å². The monoisotopic (exact) mass is 249 g/mol. The van der Waals surface area contributed by atoms with Gasteiger partial charge in [0.25, 0.3) is 0 Å². The third-order valence-corrected chi connectivity index (χ3v) is 3.11. The first-order chi connectivity index (χ1) is 8.43. The summed E-state index contributed by atoms with van der Waals surface area (Å²) in [7, 11) is 0. The zero-order chi connectivity index (χ0) is 13.7. The lowest BCUT2D eigenvalue weighted by Gasteiger charge is -2.36. The van der Waals surface area contributed by atoms with Gasteiger partial charge in [-0.2, -0.15) is 0 Å². The molecule has 3 nitrogen and oxygen atoms in total. The predicted octanol–water partition coefficient (Wildman–Crippen LogP) is 3.18. The van der Waals surface area contributed by atoms with Crippen LogP contribution in [0, 0.1) is 5.92 Å². The average molecular weight is 249 g/mol. The van der Waals surface area contributed by atoms with Gasteiger partial charge in [-0.05, 0) is 25.3 Å². The quantitative estimate of drug-likeness (QED) is 0.841. The summed E-state index contributed by atoms with van der Waals surface area (Å²) in [5.41, 5.74) is 1.18. The highest BCUT2D eigenvalue weighted by Gasteiger charge is 2.27. The second-order valence-corrected chi connectivity index (χ2v) is 5.26. The van der Waals surface area contributed by atoms with Crippen LogP contribution in [0.3, 0.4) is 0 Å². The number of rotatable bonds is 6. The fraction of sp³-hybridized carbons (Fsp3) is 0.533. The molecule has 100 valence electrons. The van der Waals surface area contributed by atoms with Gasteiger partial charge >= 0.3 is 5.97 Å². The molecule has 0 saturated carbocycles. The molecule has 1 rings (SSSR count). The Hall–Kier alpha value is -1.35. The lowest BCUT2D eigenvalue weighted by Crippen LogP contribution is -2.40. The highest BCUT2D eigenvalue weighted by Crippen LogP contribution is 2.29. The highest BCUT2D eigenvalue weighted by atomic mass is 16.4. The van der Waals surface area contributed by atoms with Crippen molar-refractivity contribution in [1.82, 2.24) is 4.90 Å². The van der Waals surface area contributed by atoms with Crippen LogP contribution < -0.4 is 0 Å². The van der Waals surface area contributed by atoms with E-state index in [9.17, 15) is 4.79 Å². The van der Waals surface area contributed by atoms with Gasteiger partial charge in [0.1, 0.15) is 0 Å². The molecule has 0 aliphatic carbocycles. The molecule has 1 N–H and O–H groups in total. The van der Waals surface area contributed by atoms with Crippen LogP contribution in [0.15, 0.2) is 30.3 Å². The summed E-state index contributed by atoms with van der Waals surface area (Å²) in [4.78, 5) is 13.1. The Bertz CT molecular complexity index is 373.